The standard InChI is InChI=1S/C13H17BrN4O/c1-3-18-9-10(14)8-12(18)13(19)15-6-4-11-5-7-17(2)16-11/h5,7-9H,3-4,6H2,1-2H3,(H,15,19). The second kappa shape index (κ2) is 6.06. The van der Waals surface area contributed by atoms with E-state index in [0.29, 0.717) is 12.2 Å². The summed E-state index contributed by atoms with van der Waals surface area (Å²) in [5.74, 6) is -0.0523. The van der Waals surface area contributed by atoms with Crippen LogP contribution in [-0.2, 0) is 20.0 Å². The van der Waals surface area contributed by atoms with Gasteiger partial charge in [0.25, 0.3) is 5.91 Å². The van der Waals surface area contributed by atoms with Gasteiger partial charge in [-0.3, -0.25) is 9.48 Å². The van der Waals surface area contributed by atoms with Crippen LogP contribution in [0.4, 0.5) is 0 Å². The molecule has 0 saturated carbocycles. The van der Waals surface area contributed by atoms with Crippen LogP contribution in [-0.4, -0.2) is 26.8 Å². The summed E-state index contributed by atoms with van der Waals surface area (Å²) in [7, 11) is 1.88. The molecule has 0 aliphatic heterocycles. The first-order chi connectivity index (χ1) is 9.10. The van der Waals surface area contributed by atoms with Crippen LogP contribution in [0.1, 0.15) is 23.1 Å². The molecule has 0 aromatic carbocycles. The van der Waals surface area contributed by atoms with E-state index in [1.807, 2.05) is 43.1 Å². The highest BCUT2D eigenvalue weighted by Crippen LogP contribution is 2.14. The summed E-state index contributed by atoms with van der Waals surface area (Å²) in [4.78, 5) is 12.1. The number of aromatic nitrogens is 3. The normalized spacial score (nSPS) is 10.7. The van der Waals surface area contributed by atoms with Gasteiger partial charge in [0.05, 0.1) is 5.69 Å². The quantitative estimate of drug-likeness (QED) is 0.914. The second-order valence-electron chi connectivity index (χ2n) is 4.32. The Hall–Kier alpha value is -1.56. The van der Waals surface area contributed by atoms with Crippen molar-refractivity contribution in [1.82, 2.24) is 19.7 Å². The van der Waals surface area contributed by atoms with E-state index >= 15 is 0 Å². The van der Waals surface area contributed by atoms with E-state index in [9.17, 15) is 4.79 Å². The number of nitrogens with one attached hydrogen (secondary N) is 1. The van der Waals surface area contributed by atoms with E-state index in [1.165, 1.54) is 0 Å². The Morgan fingerprint density at radius 2 is 2.32 bits per heavy atom. The van der Waals surface area contributed by atoms with Crippen molar-refractivity contribution in [2.24, 2.45) is 7.05 Å². The summed E-state index contributed by atoms with van der Waals surface area (Å²) in [5, 5.41) is 7.19. The largest absolute Gasteiger partial charge is 0.350 e. The Morgan fingerprint density at radius 3 is 2.95 bits per heavy atom. The highest BCUT2D eigenvalue weighted by Gasteiger charge is 2.11. The molecule has 0 aliphatic carbocycles. The molecule has 102 valence electrons. The lowest BCUT2D eigenvalue weighted by Crippen LogP contribution is -2.27. The van der Waals surface area contributed by atoms with Gasteiger partial charge < -0.3 is 9.88 Å². The minimum Gasteiger partial charge on any atom is -0.350 e. The van der Waals surface area contributed by atoms with Crippen LogP contribution in [0.25, 0.3) is 0 Å². The van der Waals surface area contributed by atoms with Crippen molar-refractivity contribution in [2.75, 3.05) is 6.54 Å². The Balaban J connectivity index is 1.90. The number of halogens is 1. The van der Waals surface area contributed by atoms with Gasteiger partial charge in [-0.1, -0.05) is 0 Å². The van der Waals surface area contributed by atoms with Crippen LogP contribution in [0.2, 0.25) is 0 Å². The number of nitrogens with zero attached hydrogens (tertiary/aromatic N) is 3. The van der Waals surface area contributed by atoms with Gasteiger partial charge in [-0.25, -0.2) is 0 Å². The molecule has 2 aromatic rings. The van der Waals surface area contributed by atoms with E-state index in [2.05, 4.69) is 26.3 Å². The fourth-order valence-corrected chi connectivity index (χ4v) is 2.38. The molecular formula is C13H17BrN4O. The number of amides is 1. The average Bonchev–Trinajstić information content (AvgIpc) is 2.95. The second-order valence-corrected chi connectivity index (χ2v) is 5.23. The van der Waals surface area contributed by atoms with E-state index in [0.717, 1.165) is 23.1 Å². The number of hydrogen-bond donors (Lipinski definition) is 1. The van der Waals surface area contributed by atoms with Crippen molar-refractivity contribution in [3.05, 3.63) is 40.4 Å². The Morgan fingerprint density at radius 1 is 1.53 bits per heavy atom. The first-order valence-electron chi connectivity index (χ1n) is 6.22. The number of aryl methyl sites for hydroxylation is 2. The molecule has 5 nitrogen and oxygen atoms in total. The smallest absolute Gasteiger partial charge is 0.267 e. The van der Waals surface area contributed by atoms with Gasteiger partial charge in [0.1, 0.15) is 5.69 Å². The molecule has 19 heavy (non-hydrogen) atoms. The molecule has 0 aliphatic rings. The SMILES string of the molecule is CCn1cc(Br)cc1C(=O)NCCc1ccn(C)n1. The third kappa shape index (κ3) is 3.47. The lowest BCUT2D eigenvalue weighted by molar-refractivity contribution is 0.0945. The molecular weight excluding hydrogens is 308 g/mol. The molecule has 1 amide bonds. The fraction of sp³-hybridized carbons (Fsp3) is 0.385. The maximum Gasteiger partial charge on any atom is 0.267 e. The van der Waals surface area contributed by atoms with Gasteiger partial charge in [-0.2, -0.15) is 5.10 Å². The van der Waals surface area contributed by atoms with Crippen molar-refractivity contribution in [3.63, 3.8) is 0 Å². The minimum absolute atomic E-state index is 0.0523. The zero-order valence-corrected chi connectivity index (χ0v) is 12.6. The van der Waals surface area contributed by atoms with Crippen LogP contribution in [0, 0.1) is 0 Å². The van der Waals surface area contributed by atoms with E-state index in [1.54, 1.807) is 4.68 Å². The third-order valence-corrected chi connectivity index (χ3v) is 3.31. The molecule has 1 N–H and O–H groups in total. The van der Waals surface area contributed by atoms with E-state index < -0.39 is 0 Å². The van der Waals surface area contributed by atoms with Crippen LogP contribution < -0.4 is 5.32 Å². The highest BCUT2D eigenvalue weighted by atomic mass is 79.9. The van der Waals surface area contributed by atoms with Gasteiger partial charge in [-0.05, 0) is 35.0 Å². The molecule has 0 atom stereocenters. The maximum atomic E-state index is 12.1. The summed E-state index contributed by atoms with van der Waals surface area (Å²) in [5.41, 5.74) is 1.66. The van der Waals surface area contributed by atoms with Crippen LogP contribution in [0.15, 0.2) is 29.0 Å². The number of carbonyl (C=O) groups excluding carboxylic acids is 1. The number of rotatable bonds is 5. The number of carbonyl (C=O) groups is 1. The molecule has 0 bridgehead atoms. The molecule has 2 aromatic heterocycles. The molecule has 6 heteroatoms. The Kier molecular flexibility index (Phi) is 4.42. The topological polar surface area (TPSA) is 51.9 Å². The van der Waals surface area contributed by atoms with Crippen LogP contribution >= 0.6 is 15.9 Å². The average molecular weight is 325 g/mol. The van der Waals surface area contributed by atoms with Gasteiger partial charge in [0.15, 0.2) is 0 Å². The highest BCUT2D eigenvalue weighted by molar-refractivity contribution is 9.10. The van der Waals surface area contributed by atoms with Crippen molar-refractivity contribution >= 4 is 21.8 Å². The Labute approximate surface area is 120 Å². The first kappa shape index (κ1) is 13.9. The molecule has 0 spiro atoms. The predicted molar refractivity (Wildman–Crippen MR) is 77.1 cm³/mol. The monoisotopic (exact) mass is 324 g/mol. The predicted octanol–water partition coefficient (Wildman–Crippen LogP) is 1.98. The van der Waals surface area contributed by atoms with Gasteiger partial charge in [0, 0.05) is 43.4 Å². The molecule has 2 rings (SSSR count). The van der Waals surface area contributed by atoms with Gasteiger partial charge in [-0.15, -0.1) is 0 Å². The summed E-state index contributed by atoms with van der Waals surface area (Å²) in [6.45, 7) is 3.37. The van der Waals surface area contributed by atoms with Crippen LogP contribution in [0.3, 0.4) is 0 Å². The molecule has 0 fully saturated rings. The van der Waals surface area contributed by atoms with Crippen molar-refractivity contribution in [3.8, 4) is 0 Å². The zero-order chi connectivity index (χ0) is 13.8. The first-order valence-corrected chi connectivity index (χ1v) is 7.02. The lowest BCUT2D eigenvalue weighted by Gasteiger charge is -2.06. The zero-order valence-electron chi connectivity index (χ0n) is 11.1. The van der Waals surface area contributed by atoms with Gasteiger partial charge in [0.2, 0.25) is 0 Å². The molecule has 0 unspecified atom stereocenters. The van der Waals surface area contributed by atoms with Crippen molar-refractivity contribution < 1.29 is 4.79 Å². The maximum absolute atomic E-state index is 12.1. The summed E-state index contributed by atoms with van der Waals surface area (Å²) >= 11 is 3.39. The molecule has 0 saturated heterocycles. The summed E-state index contributed by atoms with van der Waals surface area (Å²) in [6, 6.07) is 3.79. The minimum atomic E-state index is -0.0523. The Bertz CT molecular complexity index is 573. The fourth-order valence-electron chi connectivity index (χ4n) is 1.92. The summed E-state index contributed by atoms with van der Waals surface area (Å²) < 4.78 is 4.60. The molecule has 2 heterocycles. The number of hydrogen-bond acceptors (Lipinski definition) is 2. The van der Waals surface area contributed by atoms with E-state index in [4.69, 9.17) is 0 Å². The van der Waals surface area contributed by atoms with Crippen molar-refractivity contribution in [1.29, 1.82) is 0 Å². The molecule has 0 radical (unpaired) electrons. The third-order valence-electron chi connectivity index (χ3n) is 2.87. The van der Waals surface area contributed by atoms with E-state index in [-0.39, 0.29) is 5.91 Å². The van der Waals surface area contributed by atoms with Crippen LogP contribution in [0.5, 0.6) is 0 Å². The summed E-state index contributed by atoms with van der Waals surface area (Å²) in [6.07, 6.45) is 4.55. The lowest BCUT2D eigenvalue weighted by atomic mass is 10.3. The van der Waals surface area contributed by atoms with Crippen molar-refractivity contribution in [2.45, 2.75) is 19.9 Å². The van der Waals surface area contributed by atoms with Gasteiger partial charge >= 0.3 is 0 Å².